The third-order valence-electron chi connectivity index (χ3n) is 4.06. The lowest BCUT2D eigenvalue weighted by Crippen LogP contribution is -2.40. The van der Waals surface area contributed by atoms with Crippen molar-refractivity contribution in [2.45, 2.75) is 46.2 Å². The van der Waals surface area contributed by atoms with Gasteiger partial charge >= 0.3 is 0 Å². The number of amides is 1. The highest BCUT2D eigenvalue weighted by Gasteiger charge is 2.15. The summed E-state index contributed by atoms with van der Waals surface area (Å²) >= 11 is 0. The lowest BCUT2D eigenvalue weighted by Gasteiger charge is -2.20. The molecule has 3 N–H and O–H groups in total. The molecule has 156 valence electrons. The lowest BCUT2D eigenvalue weighted by molar-refractivity contribution is 0.0919. The monoisotopic (exact) mass is 398 g/mol. The molecule has 0 aliphatic heterocycles. The van der Waals surface area contributed by atoms with Crippen LogP contribution in [0.5, 0.6) is 0 Å². The first-order chi connectivity index (χ1) is 13.8. The second kappa shape index (κ2) is 10.6. The molecule has 0 aromatic heterocycles. The van der Waals surface area contributed by atoms with Gasteiger partial charge in [0.1, 0.15) is 5.82 Å². The maximum Gasteiger partial charge on any atom is 0.251 e. The van der Waals surface area contributed by atoms with Crippen LogP contribution in [0.3, 0.4) is 0 Å². The summed E-state index contributed by atoms with van der Waals surface area (Å²) < 4.78 is 13.0. The number of guanidine groups is 1. The molecule has 2 rings (SSSR count). The third-order valence-corrected chi connectivity index (χ3v) is 4.06. The van der Waals surface area contributed by atoms with Crippen molar-refractivity contribution < 1.29 is 9.18 Å². The van der Waals surface area contributed by atoms with Crippen molar-refractivity contribution in [3.8, 4) is 0 Å². The van der Waals surface area contributed by atoms with Crippen molar-refractivity contribution in [2.24, 2.45) is 4.99 Å². The van der Waals surface area contributed by atoms with Crippen LogP contribution in [0.2, 0.25) is 0 Å². The van der Waals surface area contributed by atoms with Gasteiger partial charge in [0.15, 0.2) is 5.96 Å². The zero-order chi connectivity index (χ0) is 21.3. The molecule has 0 saturated carbocycles. The van der Waals surface area contributed by atoms with Crippen molar-refractivity contribution in [3.05, 3.63) is 71.0 Å². The normalized spacial score (nSPS) is 11.8. The number of aliphatic imine (C=N–C) groups is 1. The number of halogens is 1. The van der Waals surface area contributed by atoms with Gasteiger partial charge < -0.3 is 16.0 Å². The van der Waals surface area contributed by atoms with E-state index in [1.807, 2.05) is 45.9 Å². The second-order valence-corrected chi connectivity index (χ2v) is 7.90. The minimum Gasteiger partial charge on any atom is -0.357 e. The van der Waals surface area contributed by atoms with Gasteiger partial charge in [0.25, 0.3) is 5.91 Å². The molecule has 0 atom stereocenters. The number of hydrogen-bond acceptors (Lipinski definition) is 2. The van der Waals surface area contributed by atoms with Gasteiger partial charge in [-0.25, -0.2) is 9.38 Å². The van der Waals surface area contributed by atoms with Crippen LogP contribution < -0.4 is 16.0 Å². The zero-order valence-corrected chi connectivity index (χ0v) is 17.7. The second-order valence-electron chi connectivity index (χ2n) is 7.90. The molecule has 0 spiro atoms. The largest absolute Gasteiger partial charge is 0.357 e. The Hall–Kier alpha value is -2.89. The summed E-state index contributed by atoms with van der Waals surface area (Å²) in [4.78, 5) is 17.0. The van der Waals surface area contributed by atoms with E-state index in [2.05, 4.69) is 20.9 Å². The summed E-state index contributed by atoms with van der Waals surface area (Å²) in [5.41, 5.74) is 2.37. The fraction of sp³-hybridized carbons (Fsp3) is 0.391. The fourth-order valence-corrected chi connectivity index (χ4v) is 2.71. The van der Waals surface area contributed by atoms with Crippen molar-refractivity contribution in [1.82, 2.24) is 16.0 Å². The van der Waals surface area contributed by atoms with Crippen LogP contribution in [0.4, 0.5) is 4.39 Å². The first-order valence-corrected chi connectivity index (χ1v) is 9.95. The summed E-state index contributed by atoms with van der Waals surface area (Å²) in [5, 5.41) is 9.48. The number of carbonyl (C=O) groups is 1. The highest BCUT2D eigenvalue weighted by Crippen LogP contribution is 2.09. The molecule has 0 aliphatic carbocycles. The van der Waals surface area contributed by atoms with E-state index in [9.17, 15) is 9.18 Å². The molecule has 29 heavy (non-hydrogen) atoms. The summed E-state index contributed by atoms with van der Waals surface area (Å²) in [6.07, 6.45) is 0.771. The maximum atomic E-state index is 13.0. The van der Waals surface area contributed by atoms with Gasteiger partial charge in [-0.1, -0.05) is 24.3 Å². The molecule has 0 unspecified atom stereocenters. The molecule has 5 nitrogen and oxygen atoms in total. The molecule has 0 radical (unpaired) electrons. The van der Waals surface area contributed by atoms with Gasteiger partial charge in [0, 0.05) is 24.2 Å². The van der Waals surface area contributed by atoms with Crippen molar-refractivity contribution >= 4 is 11.9 Å². The Bertz CT molecular complexity index is 826. The van der Waals surface area contributed by atoms with Gasteiger partial charge in [-0.3, -0.25) is 4.79 Å². The number of carbonyl (C=O) groups excluding carboxylic acids is 1. The molecule has 0 saturated heterocycles. The first kappa shape index (κ1) is 22.4. The third kappa shape index (κ3) is 8.34. The van der Waals surface area contributed by atoms with Crippen LogP contribution >= 0.6 is 0 Å². The molecule has 0 heterocycles. The number of hydrogen-bond donors (Lipinski definition) is 3. The van der Waals surface area contributed by atoms with Crippen molar-refractivity contribution in [3.63, 3.8) is 0 Å². The summed E-state index contributed by atoms with van der Waals surface area (Å²) in [6.45, 7) is 9.77. The Morgan fingerprint density at radius 3 is 2.41 bits per heavy atom. The average Bonchev–Trinajstić information content (AvgIpc) is 2.66. The minimum atomic E-state index is -0.280. The van der Waals surface area contributed by atoms with Crippen LogP contribution in [0, 0.1) is 5.82 Å². The van der Waals surface area contributed by atoms with Gasteiger partial charge in [0.05, 0.1) is 6.54 Å². The van der Waals surface area contributed by atoms with Crippen LogP contribution in [-0.4, -0.2) is 30.5 Å². The predicted molar refractivity (Wildman–Crippen MR) is 117 cm³/mol. The summed E-state index contributed by atoms with van der Waals surface area (Å²) in [6, 6.07) is 14.0. The Labute approximate surface area is 172 Å². The van der Waals surface area contributed by atoms with Gasteiger partial charge in [-0.2, -0.15) is 0 Å². The molecule has 0 fully saturated rings. The van der Waals surface area contributed by atoms with E-state index >= 15 is 0 Å². The number of nitrogens with one attached hydrogen (secondary N) is 3. The molecular formula is C23H31FN4O. The van der Waals surface area contributed by atoms with Gasteiger partial charge in [0.2, 0.25) is 0 Å². The van der Waals surface area contributed by atoms with E-state index in [1.54, 1.807) is 18.2 Å². The Balaban J connectivity index is 1.95. The van der Waals surface area contributed by atoms with E-state index in [1.165, 1.54) is 12.1 Å². The molecular weight excluding hydrogens is 367 g/mol. The Morgan fingerprint density at radius 1 is 1.03 bits per heavy atom. The molecule has 2 aromatic rings. The van der Waals surface area contributed by atoms with Crippen LogP contribution in [0.15, 0.2) is 53.5 Å². The molecule has 1 amide bonds. The minimum absolute atomic E-state index is 0.0901. The topological polar surface area (TPSA) is 65.5 Å². The summed E-state index contributed by atoms with van der Waals surface area (Å²) in [7, 11) is 0. The number of rotatable bonds is 7. The highest BCUT2D eigenvalue weighted by atomic mass is 19.1. The molecule has 0 aliphatic rings. The average molecular weight is 399 g/mol. The lowest BCUT2D eigenvalue weighted by atomic mass is 10.1. The van der Waals surface area contributed by atoms with Crippen LogP contribution in [0.1, 0.15) is 49.2 Å². The molecule has 6 heteroatoms. The standard InChI is InChI=1S/C23H31FN4O/c1-5-25-22(26-14-13-17-9-11-20(24)12-10-17)27-16-18-7-6-8-19(15-18)21(29)28-23(2,3)4/h6-12,15H,5,13-14,16H2,1-4H3,(H,28,29)(H2,25,26,27). The zero-order valence-electron chi connectivity index (χ0n) is 17.7. The van der Waals surface area contributed by atoms with E-state index in [4.69, 9.17) is 0 Å². The molecule has 2 aromatic carbocycles. The predicted octanol–water partition coefficient (Wildman–Crippen LogP) is 3.65. The van der Waals surface area contributed by atoms with Crippen molar-refractivity contribution in [1.29, 1.82) is 0 Å². The van der Waals surface area contributed by atoms with Gasteiger partial charge in [-0.15, -0.1) is 0 Å². The maximum absolute atomic E-state index is 13.0. The van der Waals surface area contributed by atoms with E-state index in [-0.39, 0.29) is 17.3 Å². The highest BCUT2D eigenvalue weighted by molar-refractivity contribution is 5.94. The first-order valence-electron chi connectivity index (χ1n) is 9.95. The quantitative estimate of drug-likeness (QED) is 0.493. The number of benzene rings is 2. The van der Waals surface area contributed by atoms with Crippen LogP contribution in [-0.2, 0) is 13.0 Å². The SMILES string of the molecule is CCNC(=NCc1cccc(C(=O)NC(C)(C)C)c1)NCCc1ccc(F)cc1. The number of nitrogens with zero attached hydrogens (tertiary/aromatic N) is 1. The smallest absolute Gasteiger partial charge is 0.251 e. The summed E-state index contributed by atoms with van der Waals surface area (Å²) in [5.74, 6) is 0.391. The van der Waals surface area contributed by atoms with Gasteiger partial charge in [-0.05, 0) is 69.5 Å². The fourth-order valence-electron chi connectivity index (χ4n) is 2.71. The van der Waals surface area contributed by atoms with E-state index in [0.29, 0.717) is 24.6 Å². The van der Waals surface area contributed by atoms with Crippen molar-refractivity contribution in [2.75, 3.05) is 13.1 Å². The van der Waals surface area contributed by atoms with E-state index < -0.39 is 0 Å². The Morgan fingerprint density at radius 2 is 1.76 bits per heavy atom. The Kier molecular flexibility index (Phi) is 8.19. The van der Waals surface area contributed by atoms with Crippen LogP contribution in [0.25, 0.3) is 0 Å². The van der Waals surface area contributed by atoms with E-state index in [0.717, 1.165) is 24.1 Å². The molecule has 0 bridgehead atoms.